The van der Waals surface area contributed by atoms with Gasteiger partial charge in [0.2, 0.25) is 0 Å². The number of benzene rings is 2. The molecule has 24 heavy (non-hydrogen) atoms. The number of nitrogens with one attached hydrogen (secondary N) is 1. The van der Waals surface area contributed by atoms with Gasteiger partial charge in [-0.25, -0.2) is 9.59 Å². The minimum Gasteiger partial charge on any atom is -0.480 e. The zero-order chi connectivity index (χ0) is 16.9. The van der Waals surface area contributed by atoms with E-state index in [9.17, 15) is 9.59 Å². The third kappa shape index (κ3) is 3.91. The number of carboxylic acid groups (broad SMARTS) is 1. The Balaban J connectivity index is 1.66. The van der Waals surface area contributed by atoms with Crippen LogP contribution in [0.3, 0.4) is 0 Å². The first-order valence-corrected chi connectivity index (χ1v) is 7.59. The van der Waals surface area contributed by atoms with Crippen LogP contribution in [0.4, 0.5) is 4.79 Å². The minimum absolute atomic E-state index is 0.277. The summed E-state index contributed by atoms with van der Waals surface area (Å²) >= 11 is 0. The van der Waals surface area contributed by atoms with Crippen LogP contribution in [0.25, 0.3) is 11.1 Å². The number of rotatable bonds is 6. The van der Waals surface area contributed by atoms with Gasteiger partial charge in [-0.2, -0.15) is 0 Å². The first-order valence-electron chi connectivity index (χ1n) is 7.59. The molecular formula is C18H17NO5. The Kier molecular flexibility index (Phi) is 4.77. The lowest BCUT2D eigenvalue weighted by molar-refractivity contribution is -0.142. The summed E-state index contributed by atoms with van der Waals surface area (Å²) in [7, 11) is 0. The summed E-state index contributed by atoms with van der Waals surface area (Å²) < 4.78 is 10.2. The van der Waals surface area contributed by atoms with Crippen LogP contribution in [0.1, 0.15) is 11.1 Å². The smallest absolute Gasteiger partial charge is 0.412 e. The third-order valence-electron chi connectivity index (χ3n) is 3.74. The molecule has 0 aliphatic carbocycles. The number of aliphatic carboxylic acids is 1. The quantitative estimate of drug-likeness (QED) is 0.797. The average molecular weight is 327 g/mol. The maximum atomic E-state index is 11.3. The van der Waals surface area contributed by atoms with Crippen LogP contribution in [0.15, 0.2) is 42.5 Å². The molecule has 3 rings (SSSR count). The van der Waals surface area contributed by atoms with Crippen molar-refractivity contribution in [2.24, 2.45) is 0 Å². The van der Waals surface area contributed by atoms with E-state index in [-0.39, 0.29) is 6.61 Å². The molecule has 1 amide bonds. The highest BCUT2D eigenvalue weighted by atomic mass is 16.6. The molecule has 6 heteroatoms. The zero-order valence-corrected chi connectivity index (χ0v) is 13.0. The molecule has 0 unspecified atom stereocenters. The van der Waals surface area contributed by atoms with E-state index in [0.717, 1.165) is 22.3 Å². The summed E-state index contributed by atoms with van der Waals surface area (Å²) in [6.45, 7) is 0.567. The van der Waals surface area contributed by atoms with Crippen molar-refractivity contribution in [1.29, 1.82) is 0 Å². The molecule has 0 saturated carbocycles. The summed E-state index contributed by atoms with van der Waals surface area (Å²) in [5.74, 6) is -0.379. The maximum absolute atomic E-state index is 11.3. The van der Waals surface area contributed by atoms with E-state index in [0.29, 0.717) is 25.3 Å². The molecule has 124 valence electrons. The van der Waals surface area contributed by atoms with Crippen molar-refractivity contribution in [3.8, 4) is 16.9 Å². The normalized spacial score (nSPS) is 12.9. The summed E-state index contributed by atoms with van der Waals surface area (Å²) in [6, 6.07) is 13.7. The SMILES string of the molecule is O=C(O)COCCc1ccc(-c2ccc3c(c2)OC(=O)NC3)cc1. The van der Waals surface area contributed by atoms with Crippen molar-refractivity contribution < 1.29 is 24.2 Å². The Hall–Kier alpha value is -2.86. The van der Waals surface area contributed by atoms with Gasteiger partial charge >= 0.3 is 12.1 Å². The molecule has 1 aliphatic rings. The van der Waals surface area contributed by atoms with Crippen LogP contribution in [-0.2, 0) is 22.5 Å². The second kappa shape index (κ2) is 7.14. The molecule has 0 aromatic heterocycles. The predicted octanol–water partition coefficient (Wildman–Crippen LogP) is 2.60. The molecule has 0 fully saturated rings. The van der Waals surface area contributed by atoms with Crippen molar-refractivity contribution >= 4 is 12.1 Å². The molecule has 0 bridgehead atoms. The molecule has 0 saturated heterocycles. The number of carboxylic acids is 1. The van der Waals surface area contributed by atoms with E-state index >= 15 is 0 Å². The largest absolute Gasteiger partial charge is 0.480 e. The van der Waals surface area contributed by atoms with E-state index in [2.05, 4.69) is 5.32 Å². The highest BCUT2D eigenvalue weighted by Crippen LogP contribution is 2.29. The molecule has 0 spiro atoms. The van der Waals surface area contributed by atoms with Gasteiger partial charge in [-0.3, -0.25) is 0 Å². The number of fused-ring (bicyclic) bond motifs is 1. The molecule has 1 aliphatic heterocycles. The van der Waals surface area contributed by atoms with E-state index < -0.39 is 12.1 Å². The van der Waals surface area contributed by atoms with E-state index in [4.69, 9.17) is 14.6 Å². The molecule has 2 N–H and O–H groups in total. The van der Waals surface area contributed by atoms with Gasteiger partial charge in [-0.15, -0.1) is 0 Å². The van der Waals surface area contributed by atoms with Gasteiger partial charge in [0, 0.05) is 12.1 Å². The molecule has 2 aromatic rings. The number of amides is 1. The molecule has 0 atom stereocenters. The summed E-state index contributed by atoms with van der Waals surface area (Å²) in [5, 5.41) is 11.1. The lowest BCUT2D eigenvalue weighted by Crippen LogP contribution is -2.31. The number of carbonyl (C=O) groups excluding carboxylic acids is 1. The molecule has 6 nitrogen and oxygen atoms in total. The topological polar surface area (TPSA) is 84.9 Å². The van der Waals surface area contributed by atoms with E-state index in [1.807, 2.05) is 42.5 Å². The monoisotopic (exact) mass is 327 g/mol. The Bertz CT molecular complexity index is 755. The van der Waals surface area contributed by atoms with Gasteiger partial charge in [0.05, 0.1) is 6.61 Å². The van der Waals surface area contributed by atoms with Crippen molar-refractivity contribution in [3.63, 3.8) is 0 Å². The van der Waals surface area contributed by atoms with Gasteiger partial charge in [0.15, 0.2) is 0 Å². The van der Waals surface area contributed by atoms with Gasteiger partial charge in [0.1, 0.15) is 12.4 Å². The lowest BCUT2D eigenvalue weighted by atomic mass is 10.0. The first-order chi connectivity index (χ1) is 11.6. The first kappa shape index (κ1) is 16.0. The summed E-state index contributed by atoms with van der Waals surface area (Å²) in [5.41, 5.74) is 4.00. The Morgan fingerprint density at radius 1 is 1.17 bits per heavy atom. The second-order valence-corrected chi connectivity index (χ2v) is 5.46. The highest BCUT2D eigenvalue weighted by Gasteiger charge is 2.16. The van der Waals surface area contributed by atoms with Gasteiger partial charge < -0.3 is 19.9 Å². The summed E-state index contributed by atoms with van der Waals surface area (Å²) in [4.78, 5) is 21.7. The Labute approximate surface area is 139 Å². The minimum atomic E-state index is -0.964. The van der Waals surface area contributed by atoms with Crippen LogP contribution in [-0.4, -0.2) is 30.4 Å². The highest BCUT2D eigenvalue weighted by molar-refractivity contribution is 5.75. The Morgan fingerprint density at radius 3 is 2.67 bits per heavy atom. The zero-order valence-electron chi connectivity index (χ0n) is 13.0. The van der Waals surface area contributed by atoms with Crippen molar-refractivity contribution in [1.82, 2.24) is 5.32 Å². The molecular weight excluding hydrogens is 310 g/mol. The van der Waals surface area contributed by atoms with Gasteiger partial charge in [-0.1, -0.05) is 36.4 Å². The molecule has 1 heterocycles. The average Bonchev–Trinajstić information content (AvgIpc) is 2.58. The summed E-state index contributed by atoms with van der Waals surface area (Å²) in [6.07, 6.45) is 0.220. The van der Waals surface area contributed by atoms with Crippen molar-refractivity contribution in [2.75, 3.05) is 13.2 Å². The maximum Gasteiger partial charge on any atom is 0.412 e. The number of hydrogen-bond acceptors (Lipinski definition) is 4. The van der Waals surface area contributed by atoms with E-state index in [1.165, 1.54) is 0 Å². The van der Waals surface area contributed by atoms with E-state index in [1.54, 1.807) is 0 Å². The van der Waals surface area contributed by atoms with Crippen LogP contribution in [0, 0.1) is 0 Å². The fourth-order valence-electron chi connectivity index (χ4n) is 2.49. The molecule has 2 aromatic carbocycles. The van der Waals surface area contributed by atoms with Crippen LogP contribution in [0.2, 0.25) is 0 Å². The molecule has 0 radical (unpaired) electrons. The van der Waals surface area contributed by atoms with Gasteiger partial charge in [0.25, 0.3) is 0 Å². The fraction of sp³-hybridized carbons (Fsp3) is 0.222. The number of ether oxygens (including phenoxy) is 2. The second-order valence-electron chi connectivity index (χ2n) is 5.46. The predicted molar refractivity (Wildman–Crippen MR) is 86.9 cm³/mol. The third-order valence-corrected chi connectivity index (χ3v) is 3.74. The van der Waals surface area contributed by atoms with Crippen molar-refractivity contribution in [2.45, 2.75) is 13.0 Å². The number of hydrogen-bond donors (Lipinski definition) is 2. The van der Waals surface area contributed by atoms with Crippen LogP contribution in [0.5, 0.6) is 5.75 Å². The number of carbonyl (C=O) groups is 2. The Morgan fingerprint density at radius 2 is 1.92 bits per heavy atom. The van der Waals surface area contributed by atoms with Crippen LogP contribution >= 0.6 is 0 Å². The van der Waals surface area contributed by atoms with Gasteiger partial charge in [-0.05, 0) is 29.2 Å². The van der Waals surface area contributed by atoms with Crippen LogP contribution < -0.4 is 10.1 Å². The van der Waals surface area contributed by atoms with Crippen molar-refractivity contribution in [3.05, 3.63) is 53.6 Å². The standard InChI is InChI=1S/C18H17NO5/c20-17(21)11-23-8-7-12-1-3-13(4-2-12)14-5-6-15-10-19-18(22)24-16(15)9-14/h1-6,9H,7-8,10-11H2,(H,19,22)(H,20,21). The lowest BCUT2D eigenvalue weighted by Gasteiger charge is -2.17. The fourth-order valence-corrected chi connectivity index (χ4v) is 2.49.